The zero-order chi connectivity index (χ0) is 15.6. The van der Waals surface area contributed by atoms with Crippen molar-refractivity contribution in [3.8, 4) is 0 Å². The molecule has 0 aliphatic carbocycles. The number of carbonyl (C=O) groups is 2. The van der Waals surface area contributed by atoms with Crippen LogP contribution in [0, 0.1) is 0 Å². The summed E-state index contributed by atoms with van der Waals surface area (Å²) in [6.45, 7) is 4.30. The first-order valence-electron chi connectivity index (χ1n) is 7.98. The molecule has 4 nitrogen and oxygen atoms in total. The van der Waals surface area contributed by atoms with Gasteiger partial charge in [0.25, 0.3) is 0 Å². The van der Waals surface area contributed by atoms with E-state index in [9.17, 15) is 9.59 Å². The van der Waals surface area contributed by atoms with Crippen molar-refractivity contribution in [2.45, 2.75) is 90.9 Å². The molecule has 0 aromatic rings. The van der Waals surface area contributed by atoms with E-state index in [1.54, 1.807) is 0 Å². The molecule has 2 radical (unpaired) electrons. The fourth-order valence-corrected chi connectivity index (χ4v) is 1.76. The maximum Gasteiger partial charge on any atom is 0.303 e. The molecule has 0 heterocycles. The van der Waals surface area contributed by atoms with Crippen LogP contribution >= 0.6 is 0 Å². The third-order valence-electron chi connectivity index (χ3n) is 2.99. The largest absolute Gasteiger partial charge is 0.481 e. The number of rotatable bonds is 12. The van der Waals surface area contributed by atoms with Gasteiger partial charge in [-0.2, -0.15) is 0 Å². The van der Waals surface area contributed by atoms with Gasteiger partial charge in [-0.05, 0) is 12.8 Å². The van der Waals surface area contributed by atoms with E-state index in [0.29, 0.717) is 12.8 Å². The Labute approximate surface area is 159 Å². The quantitative estimate of drug-likeness (QED) is 0.409. The van der Waals surface area contributed by atoms with E-state index < -0.39 is 11.9 Å². The molecule has 0 saturated heterocycles. The Balaban J connectivity index is -0.000000295. The van der Waals surface area contributed by atoms with Gasteiger partial charge in [0.2, 0.25) is 0 Å². The van der Waals surface area contributed by atoms with Crippen molar-refractivity contribution < 1.29 is 19.8 Å². The number of carboxylic acid groups (broad SMARTS) is 2. The summed E-state index contributed by atoms with van der Waals surface area (Å²) in [7, 11) is 0. The van der Waals surface area contributed by atoms with Crippen LogP contribution in [0.4, 0.5) is 0 Å². The van der Waals surface area contributed by atoms with Crippen molar-refractivity contribution in [2.75, 3.05) is 0 Å². The molecular formula is C16H32CaO4. The number of hydrogen-bond donors (Lipinski definition) is 2. The van der Waals surface area contributed by atoms with E-state index in [4.69, 9.17) is 10.2 Å². The fourth-order valence-electron chi connectivity index (χ4n) is 1.76. The van der Waals surface area contributed by atoms with E-state index in [2.05, 4.69) is 13.8 Å². The van der Waals surface area contributed by atoms with Crippen molar-refractivity contribution in [3.05, 3.63) is 0 Å². The van der Waals surface area contributed by atoms with Gasteiger partial charge in [0.05, 0.1) is 0 Å². The first-order valence-corrected chi connectivity index (χ1v) is 7.98. The molecule has 0 bridgehead atoms. The Bertz CT molecular complexity index is 208. The van der Waals surface area contributed by atoms with Gasteiger partial charge < -0.3 is 10.2 Å². The van der Waals surface area contributed by atoms with E-state index in [1.165, 1.54) is 38.5 Å². The Morgan fingerprint density at radius 2 is 0.905 bits per heavy atom. The van der Waals surface area contributed by atoms with Gasteiger partial charge in [0.15, 0.2) is 0 Å². The maximum absolute atomic E-state index is 10.0. The maximum atomic E-state index is 10.0. The van der Waals surface area contributed by atoms with Gasteiger partial charge in [-0.25, -0.2) is 0 Å². The van der Waals surface area contributed by atoms with Crippen LogP contribution in [0.3, 0.4) is 0 Å². The van der Waals surface area contributed by atoms with Crippen molar-refractivity contribution >= 4 is 49.7 Å². The smallest absolute Gasteiger partial charge is 0.303 e. The Morgan fingerprint density at radius 3 is 1.14 bits per heavy atom. The minimum Gasteiger partial charge on any atom is -0.481 e. The average Bonchev–Trinajstić information content (AvgIpc) is 2.38. The SMILES string of the molecule is CCCCCCCC(=O)O.CCCCCCCC(=O)O.[Ca]. The van der Waals surface area contributed by atoms with Gasteiger partial charge in [0, 0.05) is 50.6 Å². The minimum absolute atomic E-state index is 0. The molecular weight excluding hydrogens is 296 g/mol. The minimum atomic E-state index is -0.670. The summed E-state index contributed by atoms with van der Waals surface area (Å²) in [6, 6.07) is 0. The molecule has 0 atom stereocenters. The van der Waals surface area contributed by atoms with E-state index >= 15 is 0 Å². The summed E-state index contributed by atoms with van der Waals surface area (Å²) < 4.78 is 0. The van der Waals surface area contributed by atoms with Crippen LogP contribution in [0.15, 0.2) is 0 Å². The Hall–Kier alpha value is 0.200. The monoisotopic (exact) mass is 328 g/mol. The Morgan fingerprint density at radius 1 is 0.619 bits per heavy atom. The summed E-state index contributed by atoms with van der Waals surface area (Å²) >= 11 is 0. The Kier molecular flexibility index (Phi) is 28.0. The molecule has 0 spiro atoms. The van der Waals surface area contributed by atoms with Gasteiger partial charge in [-0.1, -0.05) is 65.2 Å². The van der Waals surface area contributed by atoms with Crippen molar-refractivity contribution in [1.29, 1.82) is 0 Å². The second kappa shape index (κ2) is 22.5. The fraction of sp³-hybridized carbons (Fsp3) is 0.875. The third-order valence-corrected chi connectivity index (χ3v) is 2.99. The average molecular weight is 329 g/mol. The molecule has 0 aliphatic rings. The normalized spacial score (nSPS) is 9.24. The molecule has 21 heavy (non-hydrogen) atoms. The molecule has 0 saturated carbocycles. The van der Waals surface area contributed by atoms with Crippen molar-refractivity contribution in [3.63, 3.8) is 0 Å². The molecule has 0 aromatic heterocycles. The summed E-state index contributed by atoms with van der Waals surface area (Å²) in [5.41, 5.74) is 0. The van der Waals surface area contributed by atoms with E-state index in [-0.39, 0.29) is 37.7 Å². The van der Waals surface area contributed by atoms with Crippen LogP contribution < -0.4 is 0 Å². The summed E-state index contributed by atoms with van der Waals surface area (Å²) in [5, 5.41) is 16.5. The van der Waals surface area contributed by atoms with Gasteiger partial charge in [0.1, 0.15) is 0 Å². The van der Waals surface area contributed by atoms with Crippen LogP contribution in [-0.2, 0) is 9.59 Å². The summed E-state index contributed by atoms with van der Waals surface area (Å²) in [4.78, 5) is 20.1. The van der Waals surface area contributed by atoms with Gasteiger partial charge in [-0.3, -0.25) is 9.59 Å². The second-order valence-electron chi connectivity index (χ2n) is 5.12. The van der Waals surface area contributed by atoms with Gasteiger partial charge >= 0.3 is 11.9 Å². The van der Waals surface area contributed by atoms with Crippen LogP contribution in [0.1, 0.15) is 90.9 Å². The van der Waals surface area contributed by atoms with Gasteiger partial charge in [-0.15, -0.1) is 0 Å². The van der Waals surface area contributed by atoms with Crippen LogP contribution in [0.25, 0.3) is 0 Å². The molecule has 122 valence electrons. The standard InChI is InChI=1S/2C8H16O2.Ca/c2*1-2-3-4-5-6-7-8(9)10;/h2*2-7H2,1H3,(H,9,10);. The predicted octanol–water partition coefficient (Wildman–Crippen LogP) is 4.48. The molecule has 5 heteroatoms. The molecule has 0 unspecified atom stereocenters. The van der Waals surface area contributed by atoms with E-state index in [0.717, 1.165) is 25.7 Å². The molecule has 0 fully saturated rings. The summed E-state index contributed by atoms with van der Waals surface area (Å²) in [6.07, 6.45) is 11.8. The van der Waals surface area contributed by atoms with Crippen LogP contribution in [0.5, 0.6) is 0 Å². The first kappa shape index (κ1) is 26.1. The number of aliphatic carboxylic acids is 2. The topological polar surface area (TPSA) is 74.6 Å². The van der Waals surface area contributed by atoms with Crippen LogP contribution in [0.2, 0.25) is 0 Å². The predicted molar refractivity (Wildman–Crippen MR) is 87.8 cm³/mol. The summed E-state index contributed by atoms with van der Waals surface area (Å²) in [5.74, 6) is -1.34. The molecule has 2 N–H and O–H groups in total. The molecule has 0 aromatic carbocycles. The zero-order valence-electron chi connectivity index (χ0n) is 13.9. The zero-order valence-corrected chi connectivity index (χ0v) is 16.1. The number of hydrogen-bond acceptors (Lipinski definition) is 2. The van der Waals surface area contributed by atoms with Crippen molar-refractivity contribution in [1.82, 2.24) is 0 Å². The number of carboxylic acids is 2. The molecule has 0 amide bonds. The molecule has 0 rings (SSSR count). The molecule has 0 aliphatic heterocycles. The van der Waals surface area contributed by atoms with Crippen molar-refractivity contribution in [2.24, 2.45) is 0 Å². The van der Waals surface area contributed by atoms with E-state index in [1.807, 2.05) is 0 Å². The first-order chi connectivity index (χ1) is 9.54. The third kappa shape index (κ3) is 33.2. The van der Waals surface area contributed by atoms with Crippen LogP contribution in [-0.4, -0.2) is 59.9 Å². The number of unbranched alkanes of at least 4 members (excludes halogenated alkanes) is 8. The second-order valence-corrected chi connectivity index (χ2v) is 5.12.